The van der Waals surface area contributed by atoms with Crippen molar-refractivity contribution in [2.24, 2.45) is 0 Å². The van der Waals surface area contributed by atoms with Gasteiger partial charge in [-0.1, -0.05) is 13.0 Å². The number of nitrogens with zero attached hydrogens (tertiary/aromatic N) is 5. The Morgan fingerprint density at radius 1 is 1.09 bits per heavy atom. The fourth-order valence-electron chi connectivity index (χ4n) is 2.59. The molecule has 22 heavy (non-hydrogen) atoms. The van der Waals surface area contributed by atoms with E-state index in [1.807, 2.05) is 24.3 Å². The Morgan fingerprint density at radius 3 is 2.68 bits per heavy atom. The number of nitrogens with one attached hydrogen (secondary N) is 1. The predicted molar refractivity (Wildman–Crippen MR) is 87.9 cm³/mol. The average Bonchev–Trinajstić information content (AvgIpc) is 2.61. The molecule has 0 aromatic carbocycles. The molecule has 116 valence electrons. The summed E-state index contributed by atoms with van der Waals surface area (Å²) in [4.78, 5) is 17.8. The van der Waals surface area contributed by atoms with Gasteiger partial charge >= 0.3 is 0 Å². The monoisotopic (exact) mass is 298 g/mol. The predicted octanol–water partition coefficient (Wildman–Crippen LogP) is 1.63. The van der Waals surface area contributed by atoms with Crippen molar-refractivity contribution in [2.45, 2.75) is 13.5 Å². The molecular weight excluding hydrogens is 276 g/mol. The lowest BCUT2D eigenvalue weighted by atomic mass is 10.3. The van der Waals surface area contributed by atoms with Crippen molar-refractivity contribution in [3.63, 3.8) is 0 Å². The standard InChI is InChI=1S/C16H22N6/c1-2-21-7-9-22(10-8-21)16-11-15(19-13-20-16)18-12-14-5-3-4-6-17-14/h3-6,11,13H,2,7-10,12H2,1H3,(H,18,19,20). The summed E-state index contributed by atoms with van der Waals surface area (Å²) in [6, 6.07) is 7.93. The molecule has 3 rings (SSSR count). The molecular formula is C16H22N6. The van der Waals surface area contributed by atoms with Crippen LogP contribution in [0.3, 0.4) is 0 Å². The Kier molecular flexibility index (Phi) is 4.80. The highest BCUT2D eigenvalue weighted by Gasteiger charge is 2.17. The topological polar surface area (TPSA) is 57.2 Å². The van der Waals surface area contributed by atoms with Gasteiger partial charge in [0.25, 0.3) is 0 Å². The highest BCUT2D eigenvalue weighted by atomic mass is 15.3. The van der Waals surface area contributed by atoms with Crippen molar-refractivity contribution in [2.75, 3.05) is 42.9 Å². The lowest BCUT2D eigenvalue weighted by Crippen LogP contribution is -2.46. The first kappa shape index (κ1) is 14.7. The maximum atomic E-state index is 4.41. The Balaban J connectivity index is 1.60. The number of pyridine rings is 1. The number of piperazine rings is 1. The third kappa shape index (κ3) is 3.71. The van der Waals surface area contributed by atoms with E-state index in [4.69, 9.17) is 0 Å². The molecule has 0 bridgehead atoms. The van der Waals surface area contributed by atoms with Crippen LogP contribution in [0.4, 0.5) is 11.6 Å². The Hall–Kier alpha value is -2.21. The van der Waals surface area contributed by atoms with Gasteiger partial charge in [0.15, 0.2) is 0 Å². The van der Waals surface area contributed by atoms with Crippen LogP contribution >= 0.6 is 0 Å². The lowest BCUT2D eigenvalue weighted by Gasteiger charge is -2.34. The normalized spacial score (nSPS) is 15.8. The van der Waals surface area contributed by atoms with Crippen molar-refractivity contribution in [3.05, 3.63) is 42.5 Å². The van der Waals surface area contributed by atoms with Gasteiger partial charge < -0.3 is 15.1 Å². The lowest BCUT2D eigenvalue weighted by molar-refractivity contribution is 0.270. The number of aromatic nitrogens is 3. The highest BCUT2D eigenvalue weighted by Crippen LogP contribution is 2.16. The van der Waals surface area contributed by atoms with Gasteiger partial charge in [-0.3, -0.25) is 4.98 Å². The first-order chi connectivity index (χ1) is 10.8. The van der Waals surface area contributed by atoms with Crippen molar-refractivity contribution < 1.29 is 0 Å². The summed E-state index contributed by atoms with van der Waals surface area (Å²) in [7, 11) is 0. The maximum absolute atomic E-state index is 4.41. The quantitative estimate of drug-likeness (QED) is 0.905. The maximum Gasteiger partial charge on any atom is 0.134 e. The molecule has 0 unspecified atom stereocenters. The molecule has 1 aliphatic rings. The van der Waals surface area contributed by atoms with Gasteiger partial charge in [-0.15, -0.1) is 0 Å². The van der Waals surface area contributed by atoms with Crippen molar-refractivity contribution in [1.29, 1.82) is 0 Å². The van der Waals surface area contributed by atoms with Crippen LogP contribution in [0.2, 0.25) is 0 Å². The number of anilines is 2. The van der Waals surface area contributed by atoms with E-state index in [1.54, 1.807) is 12.5 Å². The summed E-state index contributed by atoms with van der Waals surface area (Å²) < 4.78 is 0. The molecule has 6 heteroatoms. The molecule has 0 amide bonds. The summed E-state index contributed by atoms with van der Waals surface area (Å²) in [5.41, 5.74) is 0.999. The second-order valence-corrected chi connectivity index (χ2v) is 5.36. The Labute approximate surface area is 131 Å². The van der Waals surface area contributed by atoms with E-state index >= 15 is 0 Å². The van der Waals surface area contributed by atoms with E-state index in [-0.39, 0.29) is 0 Å². The van der Waals surface area contributed by atoms with Gasteiger partial charge in [0, 0.05) is 38.4 Å². The first-order valence-corrected chi connectivity index (χ1v) is 7.78. The van der Waals surface area contributed by atoms with Crippen LogP contribution in [-0.4, -0.2) is 52.6 Å². The highest BCUT2D eigenvalue weighted by molar-refractivity contribution is 5.48. The Bertz CT molecular complexity index is 580. The average molecular weight is 298 g/mol. The van der Waals surface area contributed by atoms with Gasteiger partial charge in [-0.25, -0.2) is 9.97 Å². The van der Waals surface area contributed by atoms with E-state index < -0.39 is 0 Å². The molecule has 2 aromatic heterocycles. The molecule has 0 spiro atoms. The van der Waals surface area contributed by atoms with Crippen LogP contribution in [0.5, 0.6) is 0 Å². The van der Waals surface area contributed by atoms with Crippen molar-refractivity contribution >= 4 is 11.6 Å². The molecule has 3 heterocycles. The van der Waals surface area contributed by atoms with Crippen LogP contribution in [0.25, 0.3) is 0 Å². The zero-order chi connectivity index (χ0) is 15.2. The van der Waals surface area contributed by atoms with E-state index in [0.717, 1.165) is 50.1 Å². The number of likely N-dealkylation sites (N-methyl/N-ethyl adjacent to an activating group) is 1. The number of hydrogen-bond acceptors (Lipinski definition) is 6. The number of hydrogen-bond donors (Lipinski definition) is 1. The summed E-state index contributed by atoms with van der Waals surface area (Å²) in [5.74, 6) is 1.84. The molecule has 1 N–H and O–H groups in total. The molecule has 0 aliphatic carbocycles. The minimum absolute atomic E-state index is 0.668. The molecule has 0 radical (unpaired) electrons. The summed E-state index contributed by atoms with van der Waals surface area (Å²) in [6.45, 7) is 8.22. The fraction of sp³-hybridized carbons (Fsp3) is 0.438. The zero-order valence-corrected chi connectivity index (χ0v) is 12.9. The van der Waals surface area contributed by atoms with E-state index in [2.05, 4.69) is 37.0 Å². The SMILES string of the molecule is CCN1CCN(c2cc(NCc3ccccn3)ncn2)CC1. The summed E-state index contributed by atoms with van der Waals surface area (Å²) in [6.07, 6.45) is 3.43. The molecule has 2 aromatic rings. The van der Waals surface area contributed by atoms with Gasteiger partial charge in [0.05, 0.1) is 12.2 Å². The molecule has 6 nitrogen and oxygen atoms in total. The molecule has 0 atom stereocenters. The zero-order valence-electron chi connectivity index (χ0n) is 12.9. The largest absolute Gasteiger partial charge is 0.364 e. The molecule has 1 aliphatic heterocycles. The van der Waals surface area contributed by atoms with Crippen LogP contribution in [0, 0.1) is 0 Å². The minimum Gasteiger partial charge on any atom is -0.364 e. The van der Waals surface area contributed by atoms with E-state index in [1.165, 1.54) is 0 Å². The smallest absolute Gasteiger partial charge is 0.134 e. The molecule has 1 fully saturated rings. The van der Waals surface area contributed by atoms with Crippen molar-refractivity contribution in [3.8, 4) is 0 Å². The third-order valence-electron chi connectivity index (χ3n) is 3.97. The van der Waals surface area contributed by atoms with Crippen LogP contribution < -0.4 is 10.2 Å². The van der Waals surface area contributed by atoms with E-state index in [0.29, 0.717) is 6.54 Å². The van der Waals surface area contributed by atoms with Crippen LogP contribution in [0.1, 0.15) is 12.6 Å². The Morgan fingerprint density at radius 2 is 1.95 bits per heavy atom. The first-order valence-electron chi connectivity index (χ1n) is 7.78. The van der Waals surface area contributed by atoms with Gasteiger partial charge in [-0.2, -0.15) is 0 Å². The summed E-state index contributed by atoms with van der Waals surface area (Å²) in [5, 5.41) is 3.31. The van der Waals surface area contributed by atoms with E-state index in [9.17, 15) is 0 Å². The fourth-order valence-corrected chi connectivity index (χ4v) is 2.59. The minimum atomic E-state index is 0.668. The van der Waals surface area contributed by atoms with Gasteiger partial charge in [-0.05, 0) is 18.7 Å². The third-order valence-corrected chi connectivity index (χ3v) is 3.97. The second-order valence-electron chi connectivity index (χ2n) is 5.36. The molecule has 0 saturated carbocycles. The van der Waals surface area contributed by atoms with Gasteiger partial charge in [0.1, 0.15) is 18.0 Å². The second kappa shape index (κ2) is 7.17. The van der Waals surface area contributed by atoms with Crippen LogP contribution in [-0.2, 0) is 6.54 Å². The van der Waals surface area contributed by atoms with Crippen LogP contribution in [0.15, 0.2) is 36.8 Å². The van der Waals surface area contributed by atoms with Crippen molar-refractivity contribution in [1.82, 2.24) is 19.9 Å². The number of rotatable bonds is 5. The summed E-state index contributed by atoms with van der Waals surface area (Å²) >= 11 is 0. The molecule has 1 saturated heterocycles. The van der Waals surface area contributed by atoms with Gasteiger partial charge in [0.2, 0.25) is 0 Å².